The highest BCUT2D eigenvalue weighted by molar-refractivity contribution is 7.12. The molecule has 0 unspecified atom stereocenters. The van der Waals surface area contributed by atoms with E-state index in [1.807, 2.05) is 0 Å². The molecule has 1 fully saturated rings. The van der Waals surface area contributed by atoms with Gasteiger partial charge in [0.05, 0.1) is 6.04 Å². The quantitative estimate of drug-likeness (QED) is 0.909. The van der Waals surface area contributed by atoms with Gasteiger partial charge in [0.15, 0.2) is 0 Å². The van der Waals surface area contributed by atoms with E-state index in [1.165, 1.54) is 16.3 Å². The molecule has 0 aliphatic carbocycles. The van der Waals surface area contributed by atoms with Gasteiger partial charge in [0.25, 0.3) is 5.91 Å². The van der Waals surface area contributed by atoms with E-state index >= 15 is 0 Å². The second-order valence-electron chi connectivity index (χ2n) is 4.14. The molecule has 1 aromatic heterocycles. The van der Waals surface area contributed by atoms with Gasteiger partial charge >= 0.3 is 6.61 Å². The Morgan fingerprint density at radius 1 is 1.63 bits per heavy atom. The van der Waals surface area contributed by atoms with Crippen LogP contribution in [0.4, 0.5) is 8.78 Å². The fourth-order valence-electron chi connectivity index (χ4n) is 1.86. The number of carbonyl (C=O) groups excluding carboxylic acids is 2. The Hall–Kier alpha value is -1.70. The number of rotatable bonds is 4. The van der Waals surface area contributed by atoms with Gasteiger partial charge in [0, 0.05) is 20.0 Å². The molecule has 0 spiro atoms. The molecular formula is C11H12F2N2O3S. The molecule has 1 aromatic rings. The maximum atomic E-state index is 12.1. The number of hydrogen-bond donors (Lipinski definition) is 1. The van der Waals surface area contributed by atoms with Crippen LogP contribution in [-0.4, -0.2) is 43.0 Å². The first kappa shape index (κ1) is 13.7. The number of nitrogens with one attached hydrogen (secondary N) is 1. The highest BCUT2D eigenvalue weighted by Gasteiger charge is 2.29. The van der Waals surface area contributed by atoms with Crippen molar-refractivity contribution in [3.05, 3.63) is 16.3 Å². The fourth-order valence-corrected chi connectivity index (χ4v) is 2.59. The van der Waals surface area contributed by atoms with Gasteiger partial charge in [-0.1, -0.05) is 0 Å². The number of alkyl halides is 2. The van der Waals surface area contributed by atoms with Crippen molar-refractivity contribution in [3.63, 3.8) is 0 Å². The molecule has 1 aliphatic rings. The van der Waals surface area contributed by atoms with Crippen molar-refractivity contribution >= 4 is 23.2 Å². The lowest BCUT2D eigenvalue weighted by molar-refractivity contribution is -0.126. The number of hydrogen-bond acceptors (Lipinski definition) is 4. The van der Waals surface area contributed by atoms with E-state index < -0.39 is 12.5 Å². The molecule has 2 rings (SSSR count). The molecule has 19 heavy (non-hydrogen) atoms. The molecule has 1 saturated heterocycles. The second-order valence-corrected chi connectivity index (χ2v) is 5.06. The van der Waals surface area contributed by atoms with Gasteiger partial charge in [-0.05, 0) is 11.4 Å². The van der Waals surface area contributed by atoms with Gasteiger partial charge in [-0.2, -0.15) is 8.78 Å². The average molecular weight is 290 g/mol. The Morgan fingerprint density at radius 3 is 2.95 bits per heavy atom. The van der Waals surface area contributed by atoms with E-state index in [1.54, 1.807) is 7.05 Å². The van der Waals surface area contributed by atoms with E-state index in [2.05, 4.69) is 10.1 Å². The number of nitrogens with zero attached hydrogens (tertiary/aromatic N) is 1. The van der Waals surface area contributed by atoms with Crippen molar-refractivity contribution < 1.29 is 23.1 Å². The Labute approximate surface area is 112 Å². The average Bonchev–Trinajstić information content (AvgIpc) is 2.86. The van der Waals surface area contributed by atoms with Crippen LogP contribution in [0.2, 0.25) is 0 Å². The van der Waals surface area contributed by atoms with Gasteiger partial charge in [0.2, 0.25) is 5.91 Å². The lowest BCUT2D eigenvalue weighted by atomic mass is 10.2. The van der Waals surface area contributed by atoms with Crippen LogP contribution in [0.25, 0.3) is 0 Å². The van der Waals surface area contributed by atoms with E-state index in [9.17, 15) is 18.4 Å². The molecule has 0 radical (unpaired) electrons. The minimum Gasteiger partial charge on any atom is -0.433 e. The number of halogens is 2. The van der Waals surface area contributed by atoms with E-state index in [4.69, 9.17) is 0 Å². The van der Waals surface area contributed by atoms with Crippen molar-refractivity contribution in [2.45, 2.75) is 19.1 Å². The van der Waals surface area contributed by atoms with Crippen LogP contribution < -0.4 is 10.1 Å². The Bertz CT molecular complexity index is 492. The maximum Gasteiger partial charge on any atom is 0.387 e. The van der Waals surface area contributed by atoms with Crippen molar-refractivity contribution in [1.82, 2.24) is 10.2 Å². The zero-order chi connectivity index (χ0) is 14.0. The van der Waals surface area contributed by atoms with Gasteiger partial charge in [-0.15, -0.1) is 11.3 Å². The molecular weight excluding hydrogens is 278 g/mol. The van der Waals surface area contributed by atoms with E-state index in [0.717, 1.165) is 11.3 Å². The smallest absolute Gasteiger partial charge is 0.387 e. The van der Waals surface area contributed by atoms with E-state index in [-0.39, 0.29) is 29.0 Å². The molecule has 8 heteroatoms. The maximum absolute atomic E-state index is 12.1. The first-order valence-corrected chi connectivity index (χ1v) is 6.42. The Balaban J connectivity index is 2.00. The fraction of sp³-hybridized carbons (Fsp3) is 0.455. The molecule has 1 N–H and O–H groups in total. The van der Waals surface area contributed by atoms with Crippen LogP contribution >= 0.6 is 11.3 Å². The summed E-state index contributed by atoms with van der Waals surface area (Å²) < 4.78 is 28.5. The molecule has 1 atom stereocenters. The molecule has 2 amide bonds. The van der Waals surface area contributed by atoms with Crippen LogP contribution in [0.5, 0.6) is 5.75 Å². The summed E-state index contributed by atoms with van der Waals surface area (Å²) in [4.78, 5) is 24.8. The highest BCUT2D eigenvalue weighted by Crippen LogP contribution is 2.26. The second kappa shape index (κ2) is 5.52. The number of amides is 2. The van der Waals surface area contributed by atoms with Gasteiger partial charge < -0.3 is 15.0 Å². The monoisotopic (exact) mass is 290 g/mol. The number of carbonyl (C=O) groups is 2. The zero-order valence-corrected chi connectivity index (χ0v) is 10.9. The molecule has 104 valence electrons. The first-order valence-electron chi connectivity index (χ1n) is 5.54. The Morgan fingerprint density at radius 2 is 2.37 bits per heavy atom. The zero-order valence-electron chi connectivity index (χ0n) is 10.1. The summed E-state index contributed by atoms with van der Waals surface area (Å²) in [6.07, 6.45) is 0.221. The summed E-state index contributed by atoms with van der Waals surface area (Å²) in [6, 6.07) is 1.02. The summed E-state index contributed by atoms with van der Waals surface area (Å²) in [5.41, 5.74) is 0. The standard InChI is InChI=1S/C11H12F2N2O3S/c1-15-5-6(4-8(15)16)14-10(17)9-7(2-3-19-9)18-11(12)13/h2-3,6,11H,4-5H2,1H3,(H,14,17)/t6-/m1/s1. The van der Waals surface area contributed by atoms with Crippen molar-refractivity contribution in [2.24, 2.45) is 0 Å². The molecule has 0 saturated carbocycles. The summed E-state index contributed by atoms with van der Waals surface area (Å²) in [6.45, 7) is -2.55. The minimum atomic E-state index is -2.97. The lowest BCUT2D eigenvalue weighted by Crippen LogP contribution is -2.36. The highest BCUT2D eigenvalue weighted by atomic mass is 32.1. The lowest BCUT2D eigenvalue weighted by Gasteiger charge is -2.12. The van der Waals surface area contributed by atoms with Crippen molar-refractivity contribution in [3.8, 4) is 5.75 Å². The van der Waals surface area contributed by atoms with Crippen LogP contribution in [0, 0.1) is 0 Å². The van der Waals surface area contributed by atoms with Gasteiger partial charge in [-0.3, -0.25) is 9.59 Å². The van der Waals surface area contributed by atoms with Gasteiger partial charge in [0.1, 0.15) is 10.6 Å². The molecule has 0 bridgehead atoms. The van der Waals surface area contributed by atoms with Crippen LogP contribution in [0.1, 0.15) is 16.1 Å². The van der Waals surface area contributed by atoms with Crippen molar-refractivity contribution in [1.29, 1.82) is 0 Å². The number of ether oxygens (including phenoxy) is 1. The molecule has 5 nitrogen and oxygen atoms in total. The first-order chi connectivity index (χ1) is 8.97. The van der Waals surface area contributed by atoms with Crippen LogP contribution in [-0.2, 0) is 4.79 Å². The van der Waals surface area contributed by atoms with E-state index in [0.29, 0.717) is 6.54 Å². The third kappa shape index (κ3) is 3.19. The normalized spacial score (nSPS) is 19.1. The third-order valence-electron chi connectivity index (χ3n) is 2.73. The van der Waals surface area contributed by atoms with Crippen LogP contribution in [0.15, 0.2) is 11.4 Å². The summed E-state index contributed by atoms with van der Waals surface area (Å²) in [5, 5.41) is 4.14. The number of likely N-dealkylation sites (tertiary alicyclic amines) is 1. The van der Waals surface area contributed by atoms with Gasteiger partial charge in [-0.25, -0.2) is 0 Å². The van der Waals surface area contributed by atoms with Crippen molar-refractivity contribution in [2.75, 3.05) is 13.6 Å². The predicted molar refractivity (Wildman–Crippen MR) is 64.5 cm³/mol. The Kier molecular flexibility index (Phi) is 3.98. The molecule has 1 aliphatic heterocycles. The number of thiophene rings is 1. The molecule has 2 heterocycles. The third-order valence-corrected chi connectivity index (χ3v) is 3.62. The SMILES string of the molecule is CN1C[C@H](NC(=O)c2sccc2OC(F)F)CC1=O. The number of likely N-dealkylation sites (N-methyl/N-ethyl adjacent to an activating group) is 1. The topological polar surface area (TPSA) is 58.6 Å². The predicted octanol–water partition coefficient (Wildman–Crippen LogP) is 1.31. The summed E-state index contributed by atoms with van der Waals surface area (Å²) >= 11 is 1.02. The minimum absolute atomic E-state index is 0.0551. The van der Waals surface area contributed by atoms with Crippen LogP contribution in [0.3, 0.4) is 0 Å². The summed E-state index contributed by atoms with van der Waals surface area (Å²) in [7, 11) is 1.64. The largest absolute Gasteiger partial charge is 0.433 e. The molecule has 0 aromatic carbocycles. The summed E-state index contributed by atoms with van der Waals surface area (Å²) in [5.74, 6) is -0.700.